The molecule has 0 saturated carbocycles. The van der Waals surface area contributed by atoms with Gasteiger partial charge in [0.15, 0.2) is 0 Å². The lowest BCUT2D eigenvalue weighted by molar-refractivity contribution is 0.956. The van der Waals surface area contributed by atoms with E-state index >= 15 is 0 Å². The molecule has 9 rings (SSSR count). The minimum atomic E-state index is 0.860. The van der Waals surface area contributed by atoms with Crippen LogP contribution in [0, 0.1) is 6.92 Å². The molecule has 0 fully saturated rings. The van der Waals surface area contributed by atoms with E-state index in [1.165, 1.54) is 21.5 Å². The van der Waals surface area contributed by atoms with Crippen LogP contribution >= 0.6 is 0 Å². The predicted octanol–water partition coefficient (Wildman–Crippen LogP) is 8.32. The third-order valence-electron chi connectivity index (χ3n) is 8.29. The lowest BCUT2D eigenvalue weighted by atomic mass is 10.1. The summed E-state index contributed by atoms with van der Waals surface area (Å²) in [6, 6.07) is 40.5. The maximum absolute atomic E-state index is 4.85. The molecule has 0 radical (unpaired) electrons. The standard InChI is InChI=1S/C36H24N6/c1-23-39-29-17-16-24(20-34(29)40(23)35-14-6-8-18-37-35)41-30-12-4-2-10-25(30)27-21-28-26-11-3-5-13-31(26)42(33(28)22-32(27)41)36-15-7-9-19-38-36/h2-22H,1H3. The number of aromatic nitrogens is 6. The van der Waals surface area contributed by atoms with Crippen LogP contribution in [0.15, 0.2) is 128 Å². The monoisotopic (exact) mass is 540 g/mol. The second-order valence-electron chi connectivity index (χ2n) is 10.6. The summed E-state index contributed by atoms with van der Waals surface area (Å²) >= 11 is 0. The zero-order chi connectivity index (χ0) is 27.8. The van der Waals surface area contributed by atoms with Crippen molar-refractivity contribution in [3.05, 3.63) is 133 Å². The Balaban J connectivity index is 1.40. The van der Waals surface area contributed by atoms with Crippen LogP contribution in [0.4, 0.5) is 0 Å². The molecule has 6 nitrogen and oxygen atoms in total. The van der Waals surface area contributed by atoms with Crippen molar-refractivity contribution in [1.29, 1.82) is 0 Å². The number of para-hydroxylation sites is 2. The van der Waals surface area contributed by atoms with Gasteiger partial charge >= 0.3 is 0 Å². The van der Waals surface area contributed by atoms with Crippen molar-refractivity contribution in [3.63, 3.8) is 0 Å². The van der Waals surface area contributed by atoms with E-state index in [4.69, 9.17) is 9.97 Å². The van der Waals surface area contributed by atoms with Crippen LogP contribution in [0.5, 0.6) is 0 Å². The van der Waals surface area contributed by atoms with E-state index in [2.05, 4.69) is 104 Å². The van der Waals surface area contributed by atoms with Crippen LogP contribution in [0.1, 0.15) is 5.82 Å². The Morgan fingerprint density at radius 2 is 1.05 bits per heavy atom. The lowest BCUT2D eigenvalue weighted by Crippen LogP contribution is -2.00. The van der Waals surface area contributed by atoms with Crippen molar-refractivity contribution in [2.24, 2.45) is 0 Å². The highest BCUT2D eigenvalue weighted by atomic mass is 15.1. The Bertz CT molecular complexity index is 2460. The molecule has 0 aliphatic rings. The van der Waals surface area contributed by atoms with Crippen LogP contribution in [-0.2, 0) is 0 Å². The number of aryl methyl sites for hydroxylation is 1. The first-order valence-corrected chi connectivity index (χ1v) is 14.0. The number of benzene rings is 4. The molecule has 0 saturated heterocycles. The molecule has 42 heavy (non-hydrogen) atoms. The average Bonchev–Trinajstić information content (AvgIpc) is 3.66. The molecule has 198 valence electrons. The van der Waals surface area contributed by atoms with E-state index in [9.17, 15) is 0 Å². The summed E-state index contributed by atoms with van der Waals surface area (Å²) in [6.07, 6.45) is 3.68. The third-order valence-corrected chi connectivity index (χ3v) is 8.29. The Labute approximate surface area is 240 Å². The van der Waals surface area contributed by atoms with Gasteiger partial charge < -0.3 is 4.57 Å². The van der Waals surface area contributed by atoms with Crippen LogP contribution in [0.25, 0.3) is 72.0 Å². The summed E-state index contributed by atoms with van der Waals surface area (Å²) in [6.45, 7) is 2.03. The fourth-order valence-corrected chi connectivity index (χ4v) is 6.54. The van der Waals surface area contributed by atoms with Gasteiger partial charge in [0.25, 0.3) is 0 Å². The number of rotatable bonds is 3. The van der Waals surface area contributed by atoms with Crippen molar-refractivity contribution in [2.75, 3.05) is 0 Å². The SMILES string of the molecule is Cc1nc2ccc(-n3c4ccccc4c4cc5c6ccccc6n(-c6ccccn6)c5cc43)cc2n1-c1ccccn1. The molecule has 5 aromatic heterocycles. The lowest BCUT2D eigenvalue weighted by Gasteiger charge is -2.11. The molecule has 0 bridgehead atoms. The highest BCUT2D eigenvalue weighted by Crippen LogP contribution is 2.39. The molecular weight excluding hydrogens is 516 g/mol. The van der Waals surface area contributed by atoms with Crippen molar-refractivity contribution in [3.8, 4) is 17.3 Å². The largest absolute Gasteiger partial charge is 0.309 e. The summed E-state index contributed by atoms with van der Waals surface area (Å²) < 4.78 is 6.77. The topological polar surface area (TPSA) is 53.5 Å². The molecular formula is C36H24N6. The fraction of sp³-hybridized carbons (Fsp3) is 0.0278. The Hall–Kier alpha value is -5.75. The number of fused-ring (bicyclic) bond motifs is 7. The van der Waals surface area contributed by atoms with Crippen molar-refractivity contribution < 1.29 is 0 Å². The van der Waals surface area contributed by atoms with Gasteiger partial charge in [0, 0.05) is 39.6 Å². The number of pyridine rings is 2. The summed E-state index contributed by atoms with van der Waals surface area (Å²) in [5, 5.41) is 4.87. The van der Waals surface area contributed by atoms with E-state index in [0.29, 0.717) is 0 Å². The van der Waals surface area contributed by atoms with Gasteiger partial charge in [-0.25, -0.2) is 15.0 Å². The molecule has 0 atom stereocenters. The number of hydrogen-bond acceptors (Lipinski definition) is 3. The highest BCUT2D eigenvalue weighted by Gasteiger charge is 2.19. The van der Waals surface area contributed by atoms with Gasteiger partial charge in [-0.1, -0.05) is 48.5 Å². The first-order valence-electron chi connectivity index (χ1n) is 14.0. The first kappa shape index (κ1) is 23.0. The van der Waals surface area contributed by atoms with Crippen molar-refractivity contribution in [1.82, 2.24) is 28.7 Å². The molecule has 4 aromatic carbocycles. The van der Waals surface area contributed by atoms with Gasteiger partial charge in [0.2, 0.25) is 0 Å². The molecule has 0 aliphatic heterocycles. The number of nitrogens with zero attached hydrogens (tertiary/aromatic N) is 6. The maximum Gasteiger partial charge on any atom is 0.138 e. The Kier molecular flexibility index (Phi) is 4.72. The van der Waals surface area contributed by atoms with Gasteiger partial charge in [-0.05, 0) is 73.7 Å². The smallest absolute Gasteiger partial charge is 0.138 e. The quantitative estimate of drug-likeness (QED) is 0.226. The van der Waals surface area contributed by atoms with Gasteiger partial charge in [-0.15, -0.1) is 0 Å². The second-order valence-corrected chi connectivity index (χ2v) is 10.6. The molecule has 0 spiro atoms. The van der Waals surface area contributed by atoms with E-state index in [0.717, 1.165) is 56.2 Å². The van der Waals surface area contributed by atoms with Crippen LogP contribution in [-0.4, -0.2) is 28.7 Å². The van der Waals surface area contributed by atoms with E-state index in [-0.39, 0.29) is 0 Å². The van der Waals surface area contributed by atoms with Crippen LogP contribution in [0.3, 0.4) is 0 Å². The van der Waals surface area contributed by atoms with Gasteiger partial charge in [0.1, 0.15) is 17.5 Å². The summed E-state index contributed by atoms with van der Waals surface area (Å²) in [4.78, 5) is 14.2. The van der Waals surface area contributed by atoms with Crippen LogP contribution < -0.4 is 0 Å². The Morgan fingerprint density at radius 3 is 1.71 bits per heavy atom. The summed E-state index contributed by atoms with van der Waals surface area (Å²) in [7, 11) is 0. The Morgan fingerprint density at radius 1 is 0.452 bits per heavy atom. The second kappa shape index (κ2) is 8.62. The van der Waals surface area contributed by atoms with E-state index < -0.39 is 0 Å². The van der Waals surface area contributed by atoms with Crippen molar-refractivity contribution in [2.45, 2.75) is 6.92 Å². The third kappa shape index (κ3) is 3.17. The minimum Gasteiger partial charge on any atom is -0.309 e. The molecule has 5 heterocycles. The molecule has 0 unspecified atom stereocenters. The molecule has 9 aromatic rings. The molecule has 0 N–H and O–H groups in total. The average molecular weight is 541 g/mol. The van der Waals surface area contributed by atoms with Gasteiger partial charge in [-0.3, -0.25) is 9.13 Å². The number of imidazole rings is 1. The highest BCUT2D eigenvalue weighted by molar-refractivity contribution is 6.19. The van der Waals surface area contributed by atoms with Gasteiger partial charge in [-0.2, -0.15) is 0 Å². The molecule has 0 aliphatic carbocycles. The molecule has 0 amide bonds. The maximum atomic E-state index is 4.85. The van der Waals surface area contributed by atoms with Gasteiger partial charge in [0.05, 0.1) is 33.1 Å². The molecule has 6 heteroatoms. The zero-order valence-electron chi connectivity index (χ0n) is 22.8. The predicted molar refractivity (Wildman–Crippen MR) is 170 cm³/mol. The fourth-order valence-electron chi connectivity index (χ4n) is 6.54. The minimum absolute atomic E-state index is 0.860. The first-order chi connectivity index (χ1) is 20.8. The van der Waals surface area contributed by atoms with Crippen LogP contribution in [0.2, 0.25) is 0 Å². The van der Waals surface area contributed by atoms with E-state index in [1.54, 1.807) is 0 Å². The zero-order valence-corrected chi connectivity index (χ0v) is 22.8. The number of hydrogen-bond donors (Lipinski definition) is 0. The van der Waals surface area contributed by atoms with E-state index in [1.807, 2.05) is 49.6 Å². The normalized spacial score (nSPS) is 11.9. The summed E-state index contributed by atoms with van der Waals surface area (Å²) in [5.74, 6) is 2.67. The summed E-state index contributed by atoms with van der Waals surface area (Å²) in [5.41, 5.74) is 7.62. The van der Waals surface area contributed by atoms with Crippen molar-refractivity contribution >= 4 is 54.6 Å².